The van der Waals surface area contributed by atoms with Crippen LogP contribution in [0.25, 0.3) is 11.4 Å². The molecule has 0 amide bonds. The van der Waals surface area contributed by atoms with Crippen LogP contribution in [0.5, 0.6) is 11.5 Å². The second-order valence-corrected chi connectivity index (χ2v) is 7.09. The highest BCUT2D eigenvalue weighted by Crippen LogP contribution is 2.31. The van der Waals surface area contributed by atoms with Crippen molar-refractivity contribution >= 4 is 50.3 Å². The number of ether oxygens (including phenoxy) is 1. The van der Waals surface area contributed by atoms with E-state index in [0.29, 0.717) is 26.4 Å². The first-order chi connectivity index (χ1) is 12.0. The first-order valence-electron chi connectivity index (χ1n) is 7.04. The molecule has 0 bridgehead atoms. The van der Waals surface area contributed by atoms with Crippen molar-refractivity contribution in [1.29, 1.82) is 0 Å². The summed E-state index contributed by atoms with van der Waals surface area (Å²) in [7, 11) is 1.59. The van der Waals surface area contributed by atoms with Crippen LogP contribution in [0.15, 0.2) is 50.4 Å². The molecule has 3 rings (SSSR count). The van der Waals surface area contributed by atoms with Crippen LogP contribution in [-0.2, 0) is 0 Å². The number of phenols is 1. The average molecular weight is 484 g/mol. The maximum absolute atomic E-state index is 10.2. The summed E-state index contributed by atoms with van der Waals surface area (Å²) in [6.45, 7) is 0. The van der Waals surface area contributed by atoms with E-state index in [0.717, 1.165) is 10.0 Å². The summed E-state index contributed by atoms with van der Waals surface area (Å²) in [5.74, 6) is 1.24. The van der Waals surface area contributed by atoms with E-state index in [1.54, 1.807) is 19.2 Å². The quantitative estimate of drug-likeness (QED) is 0.415. The minimum atomic E-state index is 0.0841. The summed E-state index contributed by atoms with van der Waals surface area (Å²) in [5.41, 5.74) is 1.27. The minimum Gasteiger partial charge on any atom is -0.506 e. The van der Waals surface area contributed by atoms with Gasteiger partial charge in [-0.25, -0.2) is 5.10 Å². The molecular formula is C16H12Br2N4O2S. The molecule has 0 aliphatic heterocycles. The summed E-state index contributed by atoms with van der Waals surface area (Å²) in [6, 6.07) is 10.9. The number of aromatic hydroxyl groups is 1. The van der Waals surface area contributed by atoms with Gasteiger partial charge in [-0.3, -0.25) is 0 Å². The van der Waals surface area contributed by atoms with E-state index in [1.165, 1.54) is 10.9 Å². The second-order valence-electron chi connectivity index (χ2n) is 4.93. The summed E-state index contributed by atoms with van der Waals surface area (Å²) >= 11 is 11.9. The third-order valence-electron chi connectivity index (χ3n) is 3.37. The zero-order valence-electron chi connectivity index (χ0n) is 12.9. The molecule has 6 nitrogen and oxygen atoms in total. The minimum absolute atomic E-state index is 0.0841. The lowest BCUT2D eigenvalue weighted by molar-refractivity contribution is 0.416. The van der Waals surface area contributed by atoms with Gasteiger partial charge >= 0.3 is 0 Å². The highest BCUT2D eigenvalue weighted by atomic mass is 79.9. The Labute approximate surface area is 165 Å². The lowest BCUT2D eigenvalue weighted by atomic mass is 10.2. The molecule has 25 heavy (non-hydrogen) atoms. The molecule has 0 saturated heterocycles. The Balaban J connectivity index is 2.08. The highest BCUT2D eigenvalue weighted by Gasteiger charge is 2.13. The predicted octanol–water partition coefficient (Wildman–Crippen LogP) is 4.73. The van der Waals surface area contributed by atoms with Crippen molar-refractivity contribution in [2.45, 2.75) is 0 Å². The zero-order chi connectivity index (χ0) is 18.0. The molecule has 0 unspecified atom stereocenters. The van der Waals surface area contributed by atoms with Crippen LogP contribution in [0.4, 0.5) is 0 Å². The van der Waals surface area contributed by atoms with Gasteiger partial charge in [0.1, 0.15) is 11.5 Å². The molecule has 0 spiro atoms. The van der Waals surface area contributed by atoms with Crippen LogP contribution in [0.3, 0.4) is 0 Å². The standard InChI is InChI=1S/C16H12Br2N4O2S/c1-24-13-5-3-2-4-11(13)15-20-21-16(25)22(15)19-8-9-6-10(17)7-12(18)14(9)23/h2-8,23H,1H3,(H,21,25)/b19-8-. The third-order valence-corrected chi connectivity index (χ3v) is 4.69. The Kier molecular flexibility index (Phi) is 5.36. The fourth-order valence-electron chi connectivity index (χ4n) is 2.21. The van der Waals surface area contributed by atoms with Gasteiger partial charge in [0.15, 0.2) is 5.82 Å². The number of halogens is 2. The molecule has 0 saturated carbocycles. The monoisotopic (exact) mass is 482 g/mol. The fraction of sp³-hybridized carbons (Fsp3) is 0.0625. The smallest absolute Gasteiger partial charge is 0.216 e. The highest BCUT2D eigenvalue weighted by molar-refractivity contribution is 9.11. The summed E-state index contributed by atoms with van der Waals surface area (Å²) < 4.78 is 8.53. The Hall–Kier alpha value is -1.97. The van der Waals surface area contributed by atoms with Crippen LogP contribution in [0.2, 0.25) is 0 Å². The van der Waals surface area contributed by atoms with Crippen LogP contribution in [0, 0.1) is 4.77 Å². The number of hydrogen-bond acceptors (Lipinski definition) is 5. The molecule has 0 aliphatic rings. The number of benzene rings is 2. The lowest BCUT2D eigenvalue weighted by Crippen LogP contribution is -1.97. The van der Waals surface area contributed by atoms with E-state index in [9.17, 15) is 5.11 Å². The number of aromatic amines is 1. The van der Waals surface area contributed by atoms with E-state index in [1.807, 2.05) is 24.3 Å². The van der Waals surface area contributed by atoms with Gasteiger partial charge in [0, 0.05) is 10.0 Å². The largest absolute Gasteiger partial charge is 0.506 e. The molecule has 0 fully saturated rings. The second kappa shape index (κ2) is 7.51. The van der Waals surface area contributed by atoms with E-state index in [4.69, 9.17) is 17.0 Å². The maximum Gasteiger partial charge on any atom is 0.216 e. The van der Waals surface area contributed by atoms with Crippen LogP contribution < -0.4 is 4.74 Å². The molecule has 1 aromatic heterocycles. The zero-order valence-corrected chi connectivity index (χ0v) is 16.9. The van der Waals surface area contributed by atoms with Gasteiger partial charge in [-0.1, -0.05) is 28.1 Å². The van der Waals surface area contributed by atoms with Crippen molar-refractivity contribution in [3.8, 4) is 22.9 Å². The van der Waals surface area contributed by atoms with Crippen molar-refractivity contribution < 1.29 is 9.84 Å². The normalized spacial score (nSPS) is 11.2. The van der Waals surface area contributed by atoms with E-state index in [2.05, 4.69) is 47.2 Å². The topological polar surface area (TPSA) is 75.4 Å². The van der Waals surface area contributed by atoms with Crippen molar-refractivity contribution in [2.75, 3.05) is 7.11 Å². The maximum atomic E-state index is 10.2. The molecule has 0 radical (unpaired) electrons. The molecule has 1 heterocycles. The van der Waals surface area contributed by atoms with Crippen molar-refractivity contribution in [2.24, 2.45) is 5.10 Å². The Morgan fingerprint density at radius 2 is 2.08 bits per heavy atom. The Morgan fingerprint density at radius 3 is 2.84 bits per heavy atom. The van der Waals surface area contributed by atoms with E-state index >= 15 is 0 Å². The van der Waals surface area contributed by atoms with E-state index in [-0.39, 0.29) is 5.75 Å². The first-order valence-corrected chi connectivity index (χ1v) is 9.04. The molecule has 0 atom stereocenters. The first kappa shape index (κ1) is 17.8. The Bertz CT molecular complexity index is 1010. The number of methoxy groups -OCH3 is 1. The number of nitrogens with one attached hydrogen (secondary N) is 1. The van der Waals surface area contributed by atoms with Gasteiger partial charge in [0.25, 0.3) is 0 Å². The molecule has 128 valence electrons. The van der Waals surface area contributed by atoms with Gasteiger partial charge < -0.3 is 9.84 Å². The number of nitrogens with zero attached hydrogens (tertiary/aromatic N) is 3. The number of hydrogen-bond donors (Lipinski definition) is 2. The van der Waals surface area contributed by atoms with Crippen LogP contribution in [0.1, 0.15) is 5.56 Å². The van der Waals surface area contributed by atoms with Gasteiger partial charge in [-0.15, -0.1) is 0 Å². The molecule has 9 heteroatoms. The molecule has 2 N–H and O–H groups in total. The molecule has 0 aliphatic carbocycles. The number of phenolic OH excluding ortho intramolecular Hbond substituents is 1. The van der Waals surface area contributed by atoms with Crippen molar-refractivity contribution in [3.63, 3.8) is 0 Å². The molecular weight excluding hydrogens is 472 g/mol. The molecule has 2 aromatic carbocycles. The van der Waals surface area contributed by atoms with Gasteiger partial charge in [-0.2, -0.15) is 14.9 Å². The van der Waals surface area contributed by atoms with E-state index < -0.39 is 0 Å². The van der Waals surface area contributed by atoms with Gasteiger partial charge in [0.05, 0.1) is 23.4 Å². The number of H-pyrrole nitrogens is 1. The number of para-hydroxylation sites is 1. The summed E-state index contributed by atoms with van der Waals surface area (Å²) in [4.78, 5) is 0. The van der Waals surface area contributed by atoms with Gasteiger partial charge in [-0.05, 0) is 52.4 Å². The molecule has 3 aromatic rings. The van der Waals surface area contributed by atoms with Crippen molar-refractivity contribution in [3.05, 3.63) is 55.7 Å². The number of rotatable bonds is 4. The van der Waals surface area contributed by atoms with Crippen LogP contribution >= 0.6 is 44.1 Å². The fourth-order valence-corrected chi connectivity index (χ4v) is 3.64. The Morgan fingerprint density at radius 1 is 1.32 bits per heavy atom. The van der Waals surface area contributed by atoms with Gasteiger partial charge in [0.2, 0.25) is 4.77 Å². The third kappa shape index (κ3) is 3.68. The SMILES string of the molecule is COc1ccccc1-c1n[nH]c(=S)n1/N=C\c1cc(Br)cc(Br)c1O. The average Bonchev–Trinajstić information content (AvgIpc) is 2.97. The lowest BCUT2D eigenvalue weighted by Gasteiger charge is -2.07. The predicted molar refractivity (Wildman–Crippen MR) is 106 cm³/mol. The van der Waals surface area contributed by atoms with Crippen molar-refractivity contribution in [1.82, 2.24) is 14.9 Å². The summed E-state index contributed by atoms with van der Waals surface area (Å²) in [5, 5.41) is 21.5. The summed E-state index contributed by atoms with van der Waals surface area (Å²) in [6.07, 6.45) is 1.51. The number of aromatic nitrogens is 3. The van der Waals surface area contributed by atoms with Crippen LogP contribution in [-0.4, -0.2) is 33.3 Å².